The van der Waals surface area contributed by atoms with E-state index in [1.165, 1.54) is 4.90 Å². The molecule has 0 aliphatic heterocycles. The van der Waals surface area contributed by atoms with Crippen LogP contribution in [0, 0.1) is 0 Å². The van der Waals surface area contributed by atoms with E-state index in [1.807, 2.05) is 26.0 Å². The van der Waals surface area contributed by atoms with Gasteiger partial charge in [-0.05, 0) is 38.1 Å². The van der Waals surface area contributed by atoms with Gasteiger partial charge in [-0.15, -0.1) is 0 Å². The Morgan fingerprint density at radius 3 is 2.38 bits per heavy atom. The zero-order valence-corrected chi connectivity index (χ0v) is 9.73. The van der Waals surface area contributed by atoms with Gasteiger partial charge in [0.15, 0.2) is 0 Å². The number of rotatable bonds is 3. The normalized spacial score (nSPS) is 10.1. The zero-order chi connectivity index (χ0) is 12.1. The average Bonchev–Trinajstić information content (AvgIpc) is 2.27. The van der Waals surface area contributed by atoms with Crippen molar-refractivity contribution in [1.82, 2.24) is 5.43 Å². The van der Waals surface area contributed by atoms with Crippen molar-refractivity contribution in [1.29, 1.82) is 0 Å². The Bertz CT molecular complexity index is 349. The molecule has 0 heterocycles. The minimum absolute atomic E-state index is 0.135. The Labute approximate surface area is 95.2 Å². The maximum atomic E-state index is 11.2. The van der Waals surface area contributed by atoms with Crippen LogP contribution in [0.25, 0.3) is 0 Å². The average molecular weight is 223 g/mol. The molecule has 1 aromatic carbocycles. The van der Waals surface area contributed by atoms with Crippen molar-refractivity contribution in [3.63, 3.8) is 0 Å². The second-order valence-electron chi connectivity index (χ2n) is 3.67. The molecule has 0 unspecified atom stereocenters. The lowest BCUT2D eigenvalue weighted by molar-refractivity contribution is 0.242. The first-order valence-electron chi connectivity index (χ1n) is 5.05. The fourth-order valence-corrected chi connectivity index (χ4v) is 1.23. The fraction of sp³-hybridized carbons (Fsp3) is 0.364. The molecule has 0 spiro atoms. The second-order valence-corrected chi connectivity index (χ2v) is 3.67. The molecule has 0 saturated heterocycles. The van der Waals surface area contributed by atoms with Crippen LogP contribution < -0.4 is 20.9 Å². The molecule has 16 heavy (non-hydrogen) atoms. The van der Waals surface area contributed by atoms with Crippen molar-refractivity contribution in [2.75, 3.05) is 11.9 Å². The number of carbonyl (C=O) groups excluding carboxylic acids is 1. The number of hydrogen-bond acceptors (Lipinski definition) is 3. The van der Waals surface area contributed by atoms with Gasteiger partial charge in [0.25, 0.3) is 0 Å². The molecule has 1 aromatic rings. The van der Waals surface area contributed by atoms with Crippen LogP contribution >= 0.6 is 0 Å². The van der Waals surface area contributed by atoms with Crippen LogP contribution in [0.3, 0.4) is 0 Å². The molecule has 0 aliphatic carbocycles. The molecule has 5 nitrogen and oxygen atoms in total. The van der Waals surface area contributed by atoms with E-state index in [1.54, 1.807) is 19.2 Å². The number of anilines is 1. The van der Waals surface area contributed by atoms with Gasteiger partial charge < -0.3 is 4.74 Å². The quantitative estimate of drug-likeness (QED) is 0.463. The Kier molecular flexibility index (Phi) is 4.13. The zero-order valence-electron chi connectivity index (χ0n) is 9.73. The smallest absolute Gasteiger partial charge is 0.335 e. The molecule has 0 bridgehead atoms. The van der Waals surface area contributed by atoms with Crippen LogP contribution in [0.1, 0.15) is 13.8 Å². The molecule has 2 amide bonds. The molecule has 1 rings (SSSR count). The highest BCUT2D eigenvalue weighted by atomic mass is 16.5. The van der Waals surface area contributed by atoms with Gasteiger partial charge in [0.2, 0.25) is 0 Å². The van der Waals surface area contributed by atoms with Crippen molar-refractivity contribution in [2.45, 2.75) is 20.0 Å². The minimum atomic E-state index is -0.363. The molecule has 88 valence electrons. The number of hydrogen-bond donors (Lipinski definition) is 2. The Morgan fingerprint density at radius 2 is 1.94 bits per heavy atom. The van der Waals surface area contributed by atoms with E-state index in [2.05, 4.69) is 5.43 Å². The molecule has 0 aromatic heterocycles. The number of nitrogens with one attached hydrogen (secondary N) is 1. The van der Waals surface area contributed by atoms with Gasteiger partial charge in [0.1, 0.15) is 5.75 Å². The van der Waals surface area contributed by atoms with E-state index in [-0.39, 0.29) is 12.1 Å². The van der Waals surface area contributed by atoms with Gasteiger partial charge in [-0.25, -0.2) is 10.6 Å². The summed E-state index contributed by atoms with van der Waals surface area (Å²) in [6, 6.07) is 6.86. The second kappa shape index (κ2) is 5.37. The van der Waals surface area contributed by atoms with Crippen molar-refractivity contribution < 1.29 is 9.53 Å². The van der Waals surface area contributed by atoms with E-state index in [9.17, 15) is 4.79 Å². The number of hydrazine groups is 1. The van der Waals surface area contributed by atoms with E-state index >= 15 is 0 Å². The molecule has 0 saturated carbocycles. The summed E-state index contributed by atoms with van der Waals surface area (Å²) >= 11 is 0. The van der Waals surface area contributed by atoms with Crippen molar-refractivity contribution in [3.05, 3.63) is 24.3 Å². The van der Waals surface area contributed by atoms with Gasteiger partial charge in [0.05, 0.1) is 6.10 Å². The third-order valence-electron chi connectivity index (χ3n) is 2.02. The third kappa shape index (κ3) is 3.13. The summed E-state index contributed by atoms with van der Waals surface area (Å²) in [6.07, 6.45) is 0.135. The first-order chi connectivity index (χ1) is 7.54. The van der Waals surface area contributed by atoms with Gasteiger partial charge in [0, 0.05) is 12.7 Å². The van der Waals surface area contributed by atoms with E-state index < -0.39 is 0 Å². The van der Waals surface area contributed by atoms with E-state index in [0.717, 1.165) is 11.4 Å². The highest BCUT2D eigenvalue weighted by Crippen LogP contribution is 2.19. The molecular formula is C11H17N3O2. The Balaban J connectivity index is 2.74. The van der Waals surface area contributed by atoms with Crippen LogP contribution in [0.2, 0.25) is 0 Å². The van der Waals surface area contributed by atoms with Gasteiger partial charge in [-0.1, -0.05) is 0 Å². The lowest BCUT2D eigenvalue weighted by Crippen LogP contribution is -2.41. The number of benzene rings is 1. The number of nitrogens with zero attached hydrogens (tertiary/aromatic N) is 1. The lowest BCUT2D eigenvalue weighted by atomic mass is 10.3. The SMILES string of the molecule is CC(C)Oc1ccc(N(C)C(=O)NN)cc1. The standard InChI is InChI=1S/C11H17N3O2/c1-8(2)16-10-6-4-9(5-7-10)14(3)11(15)13-12/h4-8H,12H2,1-3H3,(H,13,15). The summed E-state index contributed by atoms with van der Waals surface area (Å²) in [4.78, 5) is 12.6. The Hall–Kier alpha value is -1.75. The van der Waals surface area contributed by atoms with Crippen LogP contribution in [0.5, 0.6) is 5.75 Å². The summed E-state index contributed by atoms with van der Waals surface area (Å²) in [5.74, 6) is 5.82. The highest BCUT2D eigenvalue weighted by Gasteiger charge is 2.08. The summed E-state index contributed by atoms with van der Waals surface area (Å²) < 4.78 is 5.49. The summed E-state index contributed by atoms with van der Waals surface area (Å²) in [5, 5.41) is 0. The monoisotopic (exact) mass is 223 g/mol. The van der Waals surface area contributed by atoms with Gasteiger partial charge in [-0.3, -0.25) is 10.3 Å². The van der Waals surface area contributed by atoms with Crippen molar-refractivity contribution in [2.24, 2.45) is 5.84 Å². The summed E-state index contributed by atoms with van der Waals surface area (Å²) in [6.45, 7) is 3.92. The molecule has 0 aliphatic rings. The largest absolute Gasteiger partial charge is 0.491 e. The topological polar surface area (TPSA) is 67.6 Å². The first-order valence-corrected chi connectivity index (χ1v) is 5.05. The maximum Gasteiger partial charge on any atom is 0.335 e. The van der Waals surface area contributed by atoms with Crippen LogP contribution in [0.4, 0.5) is 10.5 Å². The van der Waals surface area contributed by atoms with Gasteiger partial charge >= 0.3 is 6.03 Å². The van der Waals surface area contributed by atoms with E-state index in [0.29, 0.717) is 0 Å². The lowest BCUT2D eigenvalue weighted by Gasteiger charge is -2.17. The minimum Gasteiger partial charge on any atom is -0.491 e. The number of nitrogens with two attached hydrogens (primary N) is 1. The van der Waals surface area contributed by atoms with Crippen molar-refractivity contribution in [3.8, 4) is 5.75 Å². The first kappa shape index (κ1) is 12.3. The molecular weight excluding hydrogens is 206 g/mol. The van der Waals surface area contributed by atoms with Crippen LogP contribution in [-0.2, 0) is 0 Å². The number of carbonyl (C=O) groups is 1. The summed E-state index contributed by atoms with van der Waals surface area (Å²) in [5.41, 5.74) is 2.81. The number of ether oxygens (including phenoxy) is 1. The molecule has 0 atom stereocenters. The fourth-order valence-electron chi connectivity index (χ4n) is 1.23. The van der Waals surface area contributed by atoms with Crippen LogP contribution in [0.15, 0.2) is 24.3 Å². The van der Waals surface area contributed by atoms with Crippen molar-refractivity contribution >= 4 is 11.7 Å². The summed E-state index contributed by atoms with van der Waals surface area (Å²) in [7, 11) is 1.64. The molecule has 3 N–H and O–H groups in total. The maximum absolute atomic E-state index is 11.2. The van der Waals surface area contributed by atoms with Crippen LogP contribution in [-0.4, -0.2) is 19.2 Å². The highest BCUT2D eigenvalue weighted by molar-refractivity contribution is 5.90. The predicted molar refractivity (Wildman–Crippen MR) is 63.3 cm³/mol. The Morgan fingerprint density at radius 1 is 1.38 bits per heavy atom. The van der Waals surface area contributed by atoms with Gasteiger partial charge in [-0.2, -0.15) is 0 Å². The third-order valence-corrected chi connectivity index (χ3v) is 2.02. The number of amides is 2. The number of urea groups is 1. The predicted octanol–water partition coefficient (Wildman–Crippen LogP) is 1.49. The molecule has 5 heteroatoms. The molecule has 0 radical (unpaired) electrons. The molecule has 0 fully saturated rings. The van der Waals surface area contributed by atoms with E-state index in [4.69, 9.17) is 10.6 Å².